The molecule has 0 aliphatic rings. The van der Waals surface area contributed by atoms with Crippen molar-refractivity contribution >= 4 is 87.0 Å². The van der Waals surface area contributed by atoms with Crippen molar-refractivity contribution in [1.82, 2.24) is 8.80 Å². The van der Waals surface area contributed by atoms with Crippen LogP contribution < -0.4 is 0 Å². The second-order valence-corrected chi connectivity index (χ2v) is 13.3. The Morgan fingerprint density at radius 2 is 0.792 bits per heavy atom. The van der Waals surface area contributed by atoms with Crippen LogP contribution in [0.25, 0.3) is 109 Å². The largest absolute Gasteiger partial charge is 0.308 e. The standard InChI is InChI=1S/C46H26N2/c1-2-15-30-27(11-1)12-8-18-31(30)28-13-7-14-29(25-28)42-43-36-21-9-19-34-32-16-3-5-23-38(32)47(45(34)36)40(43)26-41-44(42)37-22-10-20-35-33-17-4-6-24-39(33)48(41)46(35)37/h1-26H. The molecular formula is C46H26N2. The van der Waals surface area contributed by atoms with Crippen LogP contribution in [0.2, 0.25) is 0 Å². The summed E-state index contributed by atoms with van der Waals surface area (Å²) < 4.78 is 5.05. The van der Waals surface area contributed by atoms with Crippen LogP contribution in [0.3, 0.4) is 0 Å². The molecule has 0 N–H and O–H groups in total. The molecule has 8 aromatic carbocycles. The number of hydrogen-bond acceptors (Lipinski definition) is 0. The maximum atomic E-state index is 2.53. The van der Waals surface area contributed by atoms with E-state index in [1.807, 2.05) is 0 Å². The van der Waals surface area contributed by atoms with Gasteiger partial charge in [0.2, 0.25) is 0 Å². The fourth-order valence-corrected chi connectivity index (χ4v) is 9.10. The maximum absolute atomic E-state index is 2.53. The first-order valence-corrected chi connectivity index (χ1v) is 16.7. The topological polar surface area (TPSA) is 8.82 Å². The Balaban J connectivity index is 1.33. The monoisotopic (exact) mass is 606 g/mol. The number of hydrogen-bond donors (Lipinski definition) is 0. The molecule has 0 spiro atoms. The van der Waals surface area contributed by atoms with Crippen LogP contribution in [0.5, 0.6) is 0 Å². The van der Waals surface area contributed by atoms with E-state index in [2.05, 4.69) is 167 Å². The molecule has 0 bridgehead atoms. The van der Waals surface area contributed by atoms with E-state index in [9.17, 15) is 0 Å². The van der Waals surface area contributed by atoms with E-state index in [0.717, 1.165) is 0 Å². The highest BCUT2D eigenvalue weighted by molar-refractivity contribution is 6.34. The van der Waals surface area contributed by atoms with Gasteiger partial charge in [-0.15, -0.1) is 0 Å². The lowest BCUT2D eigenvalue weighted by molar-refractivity contribution is 1.35. The summed E-state index contributed by atoms with van der Waals surface area (Å²) in [7, 11) is 0. The molecule has 0 aliphatic heterocycles. The molecule has 4 heterocycles. The lowest BCUT2D eigenvalue weighted by Gasteiger charge is -2.13. The summed E-state index contributed by atoms with van der Waals surface area (Å²) in [4.78, 5) is 0. The van der Waals surface area contributed by atoms with Gasteiger partial charge in [0.05, 0.1) is 33.1 Å². The zero-order valence-corrected chi connectivity index (χ0v) is 25.9. The van der Waals surface area contributed by atoms with Crippen molar-refractivity contribution in [2.45, 2.75) is 0 Å². The molecule has 0 saturated carbocycles. The molecule has 2 heteroatoms. The molecule has 4 aromatic heterocycles. The number of aromatic nitrogens is 2. The Hall–Kier alpha value is -6.38. The quantitative estimate of drug-likeness (QED) is 0.185. The molecule has 220 valence electrons. The van der Waals surface area contributed by atoms with Crippen LogP contribution in [0, 0.1) is 0 Å². The molecular weight excluding hydrogens is 581 g/mol. The molecule has 0 aliphatic carbocycles. The number of nitrogens with zero attached hydrogens (tertiary/aromatic N) is 2. The molecule has 2 nitrogen and oxygen atoms in total. The van der Waals surface area contributed by atoms with Gasteiger partial charge in [-0.3, -0.25) is 0 Å². The van der Waals surface area contributed by atoms with Crippen LogP contribution >= 0.6 is 0 Å². The summed E-state index contributed by atoms with van der Waals surface area (Å²) in [6.45, 7) is 0. The van der Waals surface area contributed by atoms with Gasteiger partial charge in [0, 0.05) is 48.7 Å². The van der Waals surface area contributed by atoms with Gasteiger partial charge in [-0.1, -0.05) is 133 Å². The molecule has 0 radical (unpaired) electrons. The average molecular weight is 607 g/mol. The normalized spacial score (nSPS) is 12.6. The van der Waals surface area contributed by atoms with E-state index in [1.54, 1.807) is 0 Å². The van der Waals surface area contributed by atoms with E-state index in [1.165, 1.54) is 109 Å². The lowest BCUT2D eigenvalue weighted by atomic mass is 9.90. The van der Waals surface area contributed by atoms with Gasteiger partial charge in [-0.25, -0.2) is 0 Å². The van der Waals surface area contributed by atoms with Crippen molar-refractivity contribution in [1.29, 1.82) is 0 Å². The number of para-hydroxylation sites is 4. The summed E-state index contributed by atoms with van der Waals surface area (Å²) in [6, 6.07) is 58.6. The van der Waals surface area contributed by atoms with Crippen molar-refractivity contribution in [3.05, 3.63) is 158 Å². The molecule has 0 fully saturated rings. The summed E-state index contributed by atoms with van der Waals surface area (Å²) in [6.07, 6.45) is 0. The van der Waals surface area contributed by atoms with Gasteiger partial charge >= 0.3 is 0 Å². The smallest absolute Gasteiger partial charge is 0.0620 e. The van der Waals surface area contributed by atoms with Crippen LogP contribution in [-0.2, 0) is 0 Å². The highest BCUT2D eigenvalue weighted by Crippen LogP contribution is 2.50. The van der Waals surface area contributed by atoms with Crippen molar-refractivity contribution < 1.29 is 0 Å². The second kappa shape index (κ2) is 8.70. The molecule has 0 saturated heterocycles. The molecule has 48 heavy (non-hydrogen) atoms. The van der Waals surface area contributed by atoms with Crippen LogP contribution in [0.4, 0.5) is 0 Å². The Morgan fingerprint density at radius 3 is 1.46 bits per heavy atom. The Kier molecular flexibility index (Phi) is 4.49. The number of benzene rings is 8. The third-order valence-electron chi connectivity index (χ3n) is 10.9. The molecule has 0 unspecified atom stereocenters. The minimum Gasteiger partial charge on any atom is -0.308 e. The Morgan fingerprint density at radius 1 is 0.312 bits per heavy atom. The number of fused-ring (bicyclic) bond motifs is 13. The van der Waals surface area contributed by atoms with Crippen LogP contribution in [0.1, 0.15) is 0 Å². The molecule has 0 atom stereocenters. The predicted molar refractivity (Wildman–Crippen MR) is 204 cm³/mol. The third kappa shape index (κ3) is 2.91. The van der Waals surface area contributed by atoms with Crippen LogP contribution in [-0.4, -0.2) is 8.80 Å². The van der Waals surface area contributed by atoms with Gasteiger partial charge in [0.15, 0.2) is 0 Å². The summed E-state index contributed by atoms with van der Waals surface area (Å²) in [5.41, 5.74) is 12.7. The van der Waals surface area contributed by atoms with Gasteiger partial charge < -0.3 is 8.80 Å². The highest BCUT2D eigenvalue weighted by Gasteiger charge is 2.26. The first-order valence-electron chi connectivity index (χ1n) is 16.7. The number of rotatable bonds is 2. The maximum Gasteiger partial charge on any atom is 0.0620 e. The molecule has 12 aromatic rings. The lowest BCUT2D eigenvalue weighted by Crippen LogP contribution is -1.89. The SMILES string of the molecule is c1cc(-c2cccc3ccccc23)cc(-c2c3c4cccc5c6ccccc6n(c3cc3c2c2cccc6c7ccccc7n3c62)c54)c1. The van der Waals surface area contributed by atoms with Gasteiger partial charge in [-0.05, 0) is 51.7 Å². The Bertz CT molecular complexity index is 3120. The van der Waals surface area contributed by atoms with Crippen molar-refractivity contribution in [2.75, 3.05) is 0 Å². The van der Waals surface area contributed by atoms with E-state index in [4.69, 9.17) is 0 Å². The minimum absolute atomic E-state index is 1.23. The first kappa shape index (κ1) is 24.8. The Labute approximate surface area is 275 Å². The van der Waals surface area contributed by atoms with E-state index >= 15 is 0 Å². The van der Waals surface area contributed by atoms with E-state index < -0.39 is 0 Å². The van der Waals surface area contributed by atoms with Gasteiger partial charge in [0.1, 0.15) is 0 Å². The molecule has 0 amide bonds. The van der Waals surface area contributed by atoms with Gasteiger partial charge in [0.25, 0.3) is 0 Å². The zero-order valence-electron chi connectivity index (χ0n) is 25.9. The van der Waals surface area contributed by atoms with Crippen molar-refractivity contribution in [3.63, 3.8) is 0 Å². The first-order chi connectivity index (χ1) is 23.8. The molecule has 12 rings (SSSR count). The predicted octanol–water partition coefficient (Wildman–Crippen LogP) is 12.5. The summed E-state index contributed by atoms with van der Waals surface area (Å²) >= 11 is 0. The fourth-order valence-electron chi connectivity index (χ4n) is 9.10. The highest BCUT2D eigenvalue weighted by atomic mass is 14.9. The minimum atomic E-state index is 1.23. The third-order valence-corrected chi connectivity index (χ3v) is 10.9. The summed E-state index contributed by atoms with van der Waals surface area (Å²) in [5.74, 6) is 0. The fraction of sp³-hybridized carbons (Fsp3) is 0. The second-order valence-electron chi connectivity index (χ2n) is 13.3. The van der Waals surface area contributed by atoms with E-state index in [0.29, 0.717) is 0 Å². The van der Waals surface area contributed by atoms with E-state index in [-0.39, 0.29) is 0 Å². The van der Waals surface area contributed by atoms with Crippen molar-refractivity contribution in [3.8, 4) is 22.3 Å². The summed E-state index contributed by atoms with van der Waals surface area (Å²) in [5, 5.41) is 13.0. The van der Waals surface area contributed by atoms with Gasteiger partial charge in [-0.2, -0.15) is 0 Å². The average Bonchev–Trinajstić information content (AvgIpc) is 3.87. The van der Waals surface area contributed by atoms with Crippen LogP contribution in [0.15, 0.2) is 158 Å². The van der Waals surface area contributed by atoms with Crippen molar-refractivity contribution in [2.24, 2.45) is 0 Å². The zero-order chi connectivity index (χ0) is 31.1.